The van der Waals surface area contributed by atoms with Crippen LogP contribution in [-0.4, -0.2) is 36.7 Å². The summed E-state index contributed by atoms with van der Waals surface area (Å²) in [5, 5.41) is 2.57. The van der Waals surface area contributed by atoms with Crippen molar-refractivity contribution in [1.82, 2.24) is 0 Å². The number of rotatable bonds is 5. The first kappa shape index (κ1) is 21.9. The van der Waals surface area contributed by atoms with Crippen molar-refractivity contribution in [2.45, 2.75) is 39.4 Å². The average molecular weight is 398 g/mol. The standard InChI is InChI=1S/C22H26N2O5/c1-15(19(25)24(5)18-12-7-6-8-13-18)28-20(26)16-10-9-11-17(14-16)23-21(27)29-22(2,3)4/h6-15H,1-5H3,(H,23,27). The van der Waals surface area contributed by atoms with E-state index in [1.165, 1.54) is 17.9 Å². The minimum Gasteiger partial charge on any atom is -0.449 e. The van der Waals surface area contributed by atoms with Gasteiger partial charge in [-0.25, -0.2) is 9.59 Å². The largest absolute Gasteiger partial charge is 0.449 e. The number of benzene rings is 2. The summed E-state index contributed by atoms with van der Waals surface area (Å²) < 4.78 is 10.5. The van der Waals surface area contributed by atoms with E-state index in [0.717, 1.165) is 0 Å². The second kappa shape index (κ2) is 9.23. The molecule has 0 aromatic heterocycles. The molecule has 2 rings (SSSR count). The van der Waals surface area contributed by atoms with E-state index in [0.29, 0.717) is 11.4 Å². The fraction of sp³-hybridized carbons (Fsp3) is 0.318. The molecule has 2 amide bonds. The van der Waals surface area contributed by atoms with E-state index in [-0.39, 0.29) is 11.5 Å². The van der Waals surface area contributed by atoms with Crippen LogP contribution in [0.1, 0.15) is 38.1 Å². The molecule has 0 bridgehead atoms. The van der Waals surface area contributed by atoms with Gasteiger partial charge in [-0.15, -0.1) is 0 Å². The predicted octanol–water partition coefficient (Wildman–Crippen LogP) is 4.24. The Morgan fingerprint density at radius 3 is 2.28 bits per heavy atom. The van der Waals surface area contributed by atoms with Gasteiger partial charge in [0.05, 0.1) is 5.56 Å². The van der Waals surface area contributed by atoms with Crippen LogP contribution in [0.3, 0.4) is 0 Å². The number of ether oxygens (including phenoxy) is 2. The van der Waals surface area contributed by atoms with Crippen molar-refractivity contribution in [1.29, 1.82) is 0 Å². The topological polar surface area (TPSA) is 84.9 Å². The number of nitrogens with zero attached hydrogens (tertiary/aromatic N) is 1. The molecule has 0 fully saturated rings. The summed E-state index contributed by atoms with van der Waals surface area (Å²) in [6.07, 6.45) is -1.61. The SMILES string of the molecule is CC(OC(=O)c1cccc(NC(=O)OC(C)(C)C)c1)C(=O)N(C)c1ccccc1. The minimum atomic E-state index is -0.977. The molecule has 0 aliphatic rings. The van der Waals surface area contributed by atoms with Crippen LogP contribution in [-0.2, 0) is 14.3 Å². The number of carbonyl (C=O) groups excluding carboxylic acids is 3. The van der Waals surface area contributed by atoms with Gasteiger partial charge in [0.1, 0.15) is 5.60 Å². The van der Waals surface area contributed by atoms with Crippen molar-refractivity contribution in [2.75, 3.05) is 17.3 Å². The molecular formula is C22H26N2O5. The number of anilines is 2. The lowest BCUT2D eigenvalue weighted by Crippen LogP contribution is -2.37. The number of likely N-dealkylation sites (N-methyl/N-ethyl adjacent to an activating group) is 1. The van der Waals surface area contributed by atoms with Crippen molar-refractivity contribution < 1.29 is 23.9 Å². The van der Waals surface area contributed by atoms with Crippen molar-refractivity contribution in [2.24, 2.45) is 0 Å². The summed E-state index contributed by atoms with van der Waals surface area (Å²) in [6, 6.07) is 15.3. The van der Waals surface area contributed by atoms with E-state index in [9.17, 15) is 14.4 Å². The zero-order chi connectivity index (χ0) is 21.6. The van der Waals surface area contributed by atoms with Gasteiger partial charge in [-0.1, -0.05) is 24.3 Å². The average Bonchev–Trinajstić information content (AvgIpc) is 2.66. The van der Waals surface area contributed by atoms with Gasteiger partial charge < -0.3 is 14.4 Å². The van der Waals surface area contributed by atoms with Crippen molar-refractivity contribution in [3.8, 4) is 0 Å². The smallest absolute Gasteiger partial charge is 0.412 e. The number of hydrogen-bond acceptors (Lipinski definition) is 5. The lowest BCUT2D eigenvalue weighted by molar-refractivity contribution is -0.126. The number of para-hydroxylation sites is 1. The second-order valence-electron chi connectivity index (χ2n) is 7.49. The van der Waals surface area contributed by atoms with Crippen LogP contribution in [0.15, 0.2) is 54.6 Å². The first-order valence-corrected chi connectivity index (χ1v) is 9.20. The fourth-order valence-electron chi connectivity index (χ4n) is 2.48. The highest BCUT2D eigenvalue weighted by atomic mass is 16.6. The zero-order valence-electron chi connectivity index (χ0n) is 17.3. The number of nitrogens with one attached hydrogen (secondary N) is 1. The van der Waals surface area contributed by atoms with Crippen LogP contribution in [0.2, 0.25) is 0 Å². The second-order valence-corrected chi connectivity index (χ2v) is 7.49. The third kappa shape index (κ3) is 6.64. The molecule has 0 saturated carbocycles. The molecule has 0 radical (unpaired) electrons. The molecule has 1 N–H and O–H groups in total. The number of hydrogen-bond donors (Lipinski definition) is 1. The molecular weight excluding hydrogens is 372 g/mol. The van der Waals surface area contributed by atoms with Crippen molar-refractivity contribution >= 4 is 29.3 Å². The Morgan fingerprint density at radius 2 is 1.66 bits per heavy atom. The lowest BCUT2D eigenvalue weighted by Gasteiger charge is -2.21. The van der Waals surface area contributed by atoms with Crippen LogP contribution >= 0.6 is 0 Å². The van der Waals surface area contributed by atoms with Crippen LogP contribution in [0.5, 0.6) is 0 Å². The fourth-order valence-corrected chi connectivity index (χ4v) is 2.48. The first-order valence-electron chi connectivity index (χ1n) is 9.20. The Labute approximate surface area is 170 Å². The number of carbonyl (C=O) groups is 3. The molecule has 7 heteroatoms. The van der Waals surface area contributed by atoms with E-state index in [1.54, 1.807) is 58.2 Å². The molecule has 2 aromatic rings. The van der Waals surface area contributed by atoms with Crippen molar-refractivity contribution in [3.63, 3.8) is 0 Å². The third-order valence-electron chi connectivity index (χ3n) is 3.85. The maximum atomic E-state index is 12.5. The van der Waals surface area contributed by atoms with Gasteiger partial charge in [-0.3, -0.25) is 10.1 Å². The van der Waals surface area contributed by atoms with E-state index in [4.69, 9.17) is 9.47 Å². The lowest BCUT2D eigenvalue weighted by atomic mass is 10.2. The molecule has 0 aliphatic carbocycles. The Morgan fingerprint density at radius 1 is 1.00 bits per heavy atom. The predicted molar refractivity (Wildman–Crippen MR) is 111 cm³/mol. The quantitative estimate of drug-likeness (QED) is 0.762. The Kier molecular flexibility index (Phi) is 6.98. The molecule has 1 unspecified atom stereocenters. The summed E-state index contributed by atoms with van der Waals surface area (Å²) in [4.78, 5) is 38.3. The van der Waals surface area contributed by atoms with Gasteiger partial charge in [0.15, 0.2) is 6.10 Å². The monoisotopic (exact) mass is 398 g/mol. The zero-order valence-corrected chi connectivity index (χ0v) is 17.3. The van der Waals surface area contributed by atoms with E-state index in [1.807, 2.05) is 18.2 Å². The minimum absolute atomic E-state index is 0.209. The normalized spacial score (nSPS) is 11.9. The Bertz CT molecular complexity index is 874. The third-order valence-corrected chi connectivity index (χ3v) is 3.85. The summed E-state index contributed by atoms with van der Waals surface area (Å²) in [6.45, 7) is 6.78. The molecule has 1 atom stereocenters. The van der Waals surface area contributed by atoms with Crippen molar-refractivity contribution in [3.05, 3.63) is 60.2 Å². The highest BCUT2D eigenvalue weighted by molar-refractivity contribution is 5.99. The first-order chi connectivity index (χ1) is 13.6. The molecule has 7 nitrogen and oxygen atoms in total. The van der Waals surface area contributed by atoms with Crippen LogP contribution in [0.25, 0.3) is 0 Å². The summed E-state index contributed by atoms with van der Waals surface area (Å²) in [7, 11) is 1.62. The molecule has 0 heterocycles. The molecule has 0 aliphatic heterocycles. The van der Waals surface area contributed by atoms with Gasteiger partial charge in [0.2, 0.25) is 0 Å². The van der Waals surface area contributed by atoms with Crippen LogP contribution in [0, 0.1) is 0 Å². The summed E-state index contributed by atoms with van der Waals surface area (Å²) >= 11 is 0. The summed E-state index contributed by atoms with van der Waals surface area (Å²) in [5.74, 6) is -1.02. The Hall–Kier alpha value is -3.35. The van der Waals surface area contributed by atoms with Gasteiger partial charge in [0.25, 0.3) is 5.91 Å². The molecule has 0 saturated heterocycles. The van der Waals surface area contributed by atoms with E-state index < -0.39 is 23.8 Å². The molecule has 154 valence electrons. The molecule has 0 spiro atoms. The van der Waals surface area contributed by atoms with Crippen LogP contribution < -0.4 is 10.2 Å². The molecule has 2 aromatic carbocycles. The highest BCUT2D eigenvalue weighted by Gasteiger charge is 2.23. The number of amides is 2. The van der Waals surface area contributed by atoms with E-state index in [2.05, 4.69) is 5.32 Å². The maximum absolute atomic E-state index is 12.5. The summed E-state index contributed by atoms with van der Waals surface area (Å²) in [5.41, 5.74) is 0.653. The Balaban J connectivity index is 2.01. The maximum Gasteiger partial charge on any atom is 0.412 e. The van der Waals surface area contributed by atoms with E-state index >= 15 is 0 Å². The number of esters is 1. The van der Waals surface area contributed by atoms with Crippen LogP contribution in [0.4, 0.5) is 16.2 Å². The molecule has 29 heavy (non-hydrogen) atoms. The van der Waals surface area contributed by atoms with Gasteiger partial charge in [-0.05, 0) is 58.0 Å². The van der Waals surface area contributed by atoms with Gasteiger partial charge in [0, 0.05) is 18.4 Å². The van der Waals surface area contributed by atoms with Gasteiger partial charge in [-0.2, -0.15) is 0 Å². The van der Waals surface area contributed by atoms with Gasteiger partial charge >= 0.3 is 12.1 Å². The highest BCUT2D eigenvalue weighted by Crippen LogP contribution is 2.17.